The van der Waals surface area contributed by atoms with Crippen molar-refractivity contribution in [1.82, 2.24) is 4.90 Å². The van der Waals surface area contributed by atoms with Crippen LogP contribution in [0.1, 0.15) is 36.9 Å². The molecule has 0 radical (unpaired) electrons. The molecule has 0 saturated heterocycles. The number of rotatable bonds is 4. The van der Waals surface area contributed by atoms with Crippen LogP contribution in [0.25, 0.3) is 0 Å². The Morgan fingerprint density at radius 3 is 2.47 bits per heavy atom. The van der Waals surface area contributed by atoms with Gasteiger partial charge in [0, 0.05) is 13.0 Å². The number of benzene rings is 1. The second-order valence-electron chi connectivity index (χ2n) is 4.91. The van der Waals surface area contributed by atoms with Crippen LogP contribution in [0.4, 0.5) is 4.39 Å². The number of carboxylic acid groups (broad SMARTS) is 1. The van der Waals surface area contributed by atoms with Crippen LogP contribution in [0.15, 0.2) is 18.2 Å². The van der Waals surface area contributed by atoms with Crippen molar-refractivity contribution in [3.05, 3.63) is 35.1 Å². The Kier molecular flexibility index (Phi) is 3.55. The lowest BCUT2D eigenvalue weighted by Crippen LogP contribution is -2.39. The molecule has 1 N–H and O–H groups in total. The van der Waals surface area contributed by atoms with Gasteiger partial charge in [-0.25, -0.2) is 9.18 Å². The highest BCUT2D eigenvalue weighted by atomic mass is 19.1. The molecule has 1 amide bonds. The van der Waals surface area contributed by atoms with E-state index in [4.69, 9.17) is 0 Å². The van der Waals surface area contributed by atoms with Gasteiger partial charge in [0.2, 0.25) is 5.91 Å². The Hall–Kier alpha value is -1.91. The Labute approximate surface area is 110 Å². The predicted molar refractivity (Wildman–Crippen MR) is 67.1 cm³/mol. The maximum absolute atomic E-state index is 13.6. The van der Waals surface area contributed by atoms with E-state index in [2.05, 4.69) is 0 Å². The number of hydrogen-bond donors (Lipinski definition) is 1. The van der Waals surface area contributed by atoms with Crippen LogP contribution >= 0.6 is 0 Å². The van der Waals surface area contributed by atoms with Gasteiger partial charge in [-0.2, -0.15) is 0 Å². The van der Waals surface area contributed by atoms with Crippen LogP contribution in [-0.4, -0.2) is 27.9 Å². The van der Waals surface area contributed by atoms with Crippen molar-refractivity contribution in [3.63, 3.8) is 0 Å². The molecule has 1 unspecified atom stereocenters. The normalized spacial score (nSPS) is 15.9. The average Bonchev–Trinajstić information content (AvgIpc) is 3.12. The monoisotopic (exact) mass is 265 g/mol. The molecule has 0 aliphatic heterocycles. The van der Waals surface area contributed by atoms with Crippen molar-refractivity contribution in [2.45, 2.75) is 38.8 Å². The van der Waals surface area contributed by atoms with E-state index < -0.39 is 17.8 Å². The van der Waals surface area contributed by atoms with Crippen LogP contribution in [-0.2, 0) is 9.59 Å². The van der Waals surface area contributed by atoms with Gasteiger partial charge in [-0.15, -0.1) is 0 Å². The maximum atomic E-state index is 13.6. The topological polar surface area (TPSA) is 57.6 Å². The van der Waals surface area contributed by atoms with Crippen LogP contribution in [0.5, 0.6) is 0 Å². The predicted octanol–water partition coefficient (Wildman–Crippen LogP) is 2.27. The minimum Gasteiger partial charge on any atom is -0.479 e. The van der Waals surface area contributed by atoms with Crippen LogP contribution in [0.2, 0.25) is 0 Å². The second kappa shape index (κ2) is 4.99. The fourth-order valence-electron chi connectivity index (χ4n) is 2.20. The lowest BCUT2D eigenvalue weighted by molar-refractivity contribution is -0.150. The number of carbonyl (C=O) groups excluding carboxylic acids is 1. The molecule has 0 spiro atoms. The van der Waals surface area contributed by atoms with Gasteiger partial charge in [0.15, 0.2) is 6.04 Å². The van der Waals surface area contributed by atoms with Gasteiger partial charge in [0.05, 0.1) is 0 Å². The van der Waals surface area contributed by atoms with Gasteiger partial charge in [-0.3, -0.25) is 4.79 Å². The van der Waals surface area contributed by atoms with E-state index in [9.17, 15) is 19.1 Å². The van der Waals surface area contributed by atoms with Crippen molar-refractivity contribution in [2.24, 2.45) is 0 Å². The van der Waals surface area contributed by atoms with Gasteiger partial charge in [0.25, 0.3) is 0 Å². The number of hydrogen-bond acceptors (Lipinski definition) is 2. The second-order valence-corrected chi connectivity index (χ2v) is 4.91. The third-order valence-electron chi connectivity index (χ3n) is 3.33. The van der Waals surface area contributed by atoms with Gasteiger partial charge >= 0.3 is 5.97 Å². The van der Waals surface area contributed by atoms with E-state index in [1.54, 1.807) is 13.0 Å². The van der Waals surface area contributed by atoms with Gasteiger partial charge < -0.3 is 10.0 Å². The number of carbonyl (C=O) groups is 2. The molecule has 1 fully saturated rings. The molecule has 19 heavy (non-hydrogen) atoms. The van der Waals surface area contributed by atoms with Gasteiger partial charge in [0.1, 0.15) is 5.82 Å². The quantitative estimate of drug-likeness (QED) is 0.908. The van der Waals surface area contributed by atoms with Crippen LogP contribution in [0, 0.1) is 12.7 Å². The first-order valence-corrected chi connectivity index (χ1v) is 6.19. The van der Waals surface area contributed by atoms with Crippen molar-refractivity contribution < 1.29 is 19.1 Å². The first-order valence-electron chi connectivity index (χ1n) is 6.19. The summed E-state index contributed by atoms with van der Waals surface area (Å²) >= 11 is 0. The molecule has 0 heterocycles. The summed E-state index contributed by atoms with van der Waals surface area (Å²) in [5.74, 6) is -1.88. The van der Waals surface area contributed by atoms with Crippen LogP contribution < -0.4 is 0 Å². The van der Waals surface area contributed by atoms with Crippen molar-refractivity contribution in [2.75, 3.05) is 0 Å². The summed E-state index contributed by atoms with van der Waals surface area (Å²) in [7, 11) is 0. The number of amides is 1. The highest BCUT2D eigenvalue weighted by Gasteiger charge is 2.40. The molecule has 1 aliphatic carbocycles. The average molecular weight is 265 g/mol. The SMILES string of the molecule is CC(=O)N(C1CC1)C(C(=O)O)c1ccc(C)c(F)c1. The Balaban J connectivity index is 2.41. The first-order chi connectivity index (χ1) is 8.91. The molecule has 1 aromatic rings. The maximum Gasteiger partial charge on any atom is 0.331 e. The molecule has 102 valence electrons. The minimum atomic E-state index is -1.13. The standard InChI is InChI=1S/C14H16FNO3/c1-8-3-4-10(7-12(8)15)13(14(18)19)16(9(2)17)11-5-6-11/h3-4,7,11,13H,5-6H2,1-2H3,(H,18,19). The summed E-state index contributed by atoms with van der Waals surface area (Å²) in [6.07, 6.45) is 1.61. The zero-order valence-electron chi connectivity index (χ0n) is 10.9. The molecule has 1 saturated carbocycles. The number of carboxylic acids is 1. The smallest absolute Gasteiger partial charge is 0.331 e. The molecular weight excluding hydrogens is 249 g/mol. The number of halogens is 1. The van der Waals surface area contributed by atoms with E-state index >= 15 is 0 Å². The number of aliphatic carboxylic acids is 1. The lowest BCUT2D eigenvalue weighted by Gasteiger charge is -2.28. The molecule has 5 heteroatoms. The Morgan fingerprint density at radius 2 is 2.05 bits per heavy atom. The lowest BCUT2D eigenvalue weighted by atomic mass is 10.0. The molecule has 1 aliphatic rings. The zero-order chi connectivity index (χ0) is 14.2. The van der Waals surface area contributed by atoms with Crippen molar-refractivity contribution >= 4 is 11.9 Å². The van der Waals surface area contributed by atoms with Crippen molar-refractivity contribution in [3.8, 4) is 0 Å². The molecule has 1 atom stereocenters. The van der Waals surface area contributed by atoms with Crippen molar-refractivity contribution in [1.29, 1.82) is 0 Å². The molecule has 0 bridgehead atoms. The fourth-order valence-corrected chi connectivity index (χ4v) is 2.20. The largest absolute Gasteiger partial charge is 0.479 e. The number of nitrogens with zero attached hydrogens (tertiary/aromatic N) is 1. The first kappa shape index (κ1) is 13.5. The summed E-state index contributed by atoms with van der Waals surface area (Å²) in [5.41, 5.74) is 0.756. The summed E-state index contributed by atoms with van der Waals surface area (Å²) < 4.78 is 13.6. The molecule has 2 rings (SSSR count). The van der Waals surface area contributed by atoms with E-state index in [-0.39, 0.29) is 11.9 Å². The number of aryl methyl sites for hydroxylation is 1. The highest BCUT2D eigenvalue weighted by molar-refractivity contribution is 5.84. The summed E-state index contributed by atoms with van der Waals surface area (Å²) in [6.45, 7) is 2.96. The van der Waals surface area contributed by atoms with E-state index in [0.717, 1.165) is 12.8 Å². The highest BCUT2D eigenvalue weighted by Crippen LogP contribution is 2.35. The zero-order valence-corrected chi connectivity index (χ0v) is 10.9. The summed E-state index contributed by atoms with van der Waals surface area (Å²) in [4.78, 5) is 24.5. The third-order valence-corrected chi connectivity index (χ3v) is 3.33. The van der Waals surface area contributed by atoms with E-state index in [0.29, 0.717) is 11.1 Å². The third kappa shape index (κ3) is 2.75. The Bertz CT molecular complexity index is 525. The van der Waals surface area contributed by atoms with E-state index in [1.807, 2.05) is 0 Å². The van der Waals surface area contributed by atoms with Crippen LogP contribution in [0.3, 0.4) is 0 Å². The van der Waals surface area contributed by atoms with Gasteiger partial charge in [-0.05, 0) is 37.0 Å². The Morgan fingerprint density at radius 1 is 1.42 bits per heavy atom. The van der Waals surface area contributed by atoms with E-state index in [1.165, 1.54) is 24.0 Å². The molecular formula is C14H16FNO3. The molecule has 1 aromatic carbocycles. The summed E-state index contributed by atoms with van der Waals surface area (Å²) in [6, 6.07) is 3.15. The summed E-state index contributed by atoms with van der Waals surface area (Å²) in [5, 5.41) is 9.37. The fraction of sp³-hybridized carbons (Fsp3) is 0.429. The molecule has 0 aromatic heterocycles. The molecule has 4 nitrogen and oxygen atoms in total. The minimum absolute atomic E-state index is 0.0389. The van der Waals surface area contributed by atoms with Gasteiger partial charge in [-0.1, -0.05) is 12.1 Å².